The first-order valence-electron chi connectivity index (χ1n) is 3.43. The minimum atomic E-state index is 0.000344. The second kappa shape index (κ2) is 4.30. The van der Waals surface area contributed by atoms with Gasteiger partial charge < -0.3 is 11.1 Å². The van der Waals surface area contributed by atoms with Crippen LogP contribution in [-0.2, 0) is 4.79 Å². The molecule has 0 radical (unpaired) electrons. The van der Waals surface area contributed by atoms with Crippen LogP contribution in [0.25, 0.3) is 0 Å². The molecule has 0 saturated carbocycles. The standard InChI is InChI=1S/C8H9IN2O/c9-5-8(12)11-7-3-1-6(10)2-4-7/h1-4H,5,10H2,(H,11,12). The lowest BCUT2D eigenvalue weighted by Gasteiger charge is -2.02. The number of anilines is 2. The summed E-state index contributed by atoms with van der Waals surface area (Å²) in [4.78, 5) is 10.9. The number of hydrogen-bond donors (Lipinski definition) is 2. The molecule has 0 atom stereocenters. The molecule has 1 amide bonds. The van der Waals surface area contributed by atoms with Gasteiger partial charge in [-0.05, 0) is 24.3 Å². The molecule has 0 unspecified atom stereocenters. The molecule has 3 nitrogen and oxygen atoms in total. The number of carbonyl (C=O) groups excluding carboxylic acids is 1. The second-order valence-electron chi connectivity index (χ2n) is 2.30. The summed E-state index contributed by atoms with van der Waals surface area (Å²) >= 11 is 2.01. The summed E-state index contributed by atoms with van der Waals surface area (Å²) in [6.07, 6.45) is 0. The SMILES string of the molecule is Nc1ccc(NC(=O)CI)cc1. The number of nitrogen functional groups attached to an aromatic ring is 1. The van der Waals surface area contributed by atoms with Crippen LogP contribution in [0, 0.1) is 0 Å². The maximum atomic E-state index is 10.9. The molecule has 0 aromatic heterocycles. The lowest BCUT2D eigenvalue weighted by atomic mass is 10.3. The Kier molecular flexibility index (Phi) is 3.33. The van der Waals surface area contributed by atoms with Crippen LogP contribution in [0.3, 0.4) is 0 Å². The van der Waals surface area contributed by atoms with Crippen molar-refractivity contribution in [3.8, 4) is 0 Å². The fraction of sp³-hybridized carbons (Fsp3) is 0.125. The van der Waals surface area contributed by atoms with Gasteiger partial charge >= 0.3 is 0 Å². The van der Waals surface area contributed by atoms with E-state index < -0.39 is 0 Å². The van der Waals surface area contributed by atoms with Crippen molar-refractivity contribution in [2.75, 3.05) is 15.5 Å². The van der Waals surface area contributed by atoms with Crippen molar-refractivity contribution in [3.63, 3.8) is 0 Å². The smallest absolute Gasteiger partial charge is 0.234 e. The van der Waals surface area contributed by atoms with Crippen LogP contribution in [-0.4, -0.2) is 10.3 Å². The average Bonchev–Trinajstić information content (AvgIpc) is 2.09. The van der Waals surface area contributed by atoms with Gasteiger partial charge in [0.1, 0.15) is 0 Å². The highest BCUT2D eigenvalue weighted by Gasteiger charge is 1.97. The van der Waals surface area contributed by atoms with Crippen molar-refractivity contribution >= 4 is 39.9 Å². The number of nitrogens with one attached hydrogen (secondary N) is 1. The minimum Gasteiger partial charge on any atom is -0.399 e. The number of halogens is 1. The Hall–Kier alpha value is -0.780. The molecule has 0 bridgehead atoms. The van der Waals surface area contributed by atoms with Gasteiger partial charge in [-0.15, -0.1) is 0 Å². The van der Waals surface area contributed by atoms with Crippen molar-refractivity contribution in [3.05, 3.63) is 24.3 Å². The van der Waals surface area contributed by atoms with Gasteiger partial charge in [-0.2, -0.15) is 0 Å². The van der Waals surface area contributed by atoms with E-state index in [4.69, 9.17) is 5.73 Å². The first-order valence-corrected chi connectivity index (χ1v) is 4.96. The molecule has 1 rings (SSSR count). The summed E-state index contributed by atoms with van der Waals surface area (Å²) in [6, 6.07) is 7.06. The largest absolute Gasteiger partial charge is 0.399 e. The quantitative estimate of drug-likeness (QED) is 0.490. The van der Waals surface area contributed by atoms with Crippen molar-refractivity contribution in [2.45, 2.75) is 0 Å². The number of rotatable bonds is 2. The Morgan fingerprint density at radius 1 is 1.42 bits per heavy atom. The number of carbonyl (C=O) groups is 1. The van der Waals surface area contributed by atoms with E-state index in [1.807, 2.05) is 22.6 Å². The Labute approximate surface area is 84.5 Å². The number of alkyl halides is 1. The van der Waals surface area contributed by atoms with E-state index in [0.717, 1.165) is 5.69 Å². The number of amides is 1. The average molecular weight is 276 g/mol. The van der Waals surface area contributed by atoms with Crippen molar-refractivity contribution < 1.29 is 4.79 Å². The van der Waals surface area contributed by atoms with E-state index in [-0.39, 0.29) is 5.91 Å². The normalized spacial score (nSPS) is 9.42. The summed E-state index contributed by atoms with van der Waals surface area (Å²) in [7, 11) is 0. The Morgan fingerprint density at radius 2 is 2.00 bits per heavy atom. The third-order valence-corrected chi connectivity index (χ3v) is 2.01. The Morgan fingerprint density at radius 3 is 2.50 bits per heavy atom. The third kappa shape index (κ3) is 2.69. The molecule has 4 heteroatoms. The molecule has 12 heavy (non-hydrogen) atoms. The minimum absolute atomic E-state index is 0.000344. The lowest BCUT2D eigenvalue weighted by Crippen LogP contribution is -2.11. The molecule has 0 heterocycles. The van der Waals surface area contributed by atoms with E-state index >= 15 is 0 Å². The summed E-state index contributed by atoms with van der Waals surface area (Å²) in [5.74, 6) is 0.000344. The highest BCUT2D eigenvalue weighted by atomic mass is 127. The highest BCUT2D eigenvalue weighted by molar-refractivity contribution is 14.1. The molecular formula is C8H9IN2O. The molecule has 0 aliphatic rings. The second-order valence-corrected chi connectivity index (χ2v) is 3.07. The van der Waals surface area contributed by atoms with Crippen LogP contribution in [0.1, 0.15) is 0 Å². The molecule has 0 spiro atoms. The van der Waals surface area contributed by atoms with Gasteiger partial charge in [0.25, 0.3) is 0 Å². The molecule has 0 fully saturated rings. The number of nitrogens with two attached hydrogens (primary N) is 1. The van der Waals surface area contributed by atoms with Gasteiger partial charge in [0.05, 0.1) is 4.43 Å². The Balaban J connectivity index is 2.64. The number of hydrogen-bond acceptors (Lipinski definition) is 2. The monoisotopic (exact) mass is 276 g/mol. The van der Waals surface area contributed by atoms with Crippen molar-refractivity contribution in [1.29, 1.82) is 0 Å². The van der Waals surface area contributed by atoms with Crippen LogP contribution in [0.2, 0.25) is 0 Å². The molecule has 0 aliphatic carbocycles. The van der Waals surface area contributed by atoms with Gasteiger partial charge in [0.2, 0.25) is 5.91 Å². The van der Waals surface area contributed by atoms with Gasteiger partial charge in [0.15, 0.2) is 0 Å². The zero-order valence-corrected chi connectivity index (χ0v) is 8.54. The van der Waals surface area contributed by atoms with Gasteiger partial charge in [-0.25, -0.2) is 0 Å². The number of benzene rings is 1. The van der Waals surface area contributed by atoms with Crippen LogP contribution in [0.4, 0.5) is 11.4 Å². The zero-order chi connectivity index (χ0) is 8.97. The summed E-state index contributed by atoms with van der Waals surface area (Å²) in [6.45, 7) is 0. The van der Waals surface area contributed by atoms with E-state index in [1.165, 1.54) is 0 Å². The van der Waals surface area contributed by atoms with E-state index in [0.29, 0.717) is 10.1 Å². The fourth-order valence-corrected chi connectivity index (χ4v) is 0.952. The molecule has 1 aromatic carbocycles. The Bertz CT molecular complexity index is 271. The summed E-state index contributed by atoms with van der Waals surface area (Å²) in [5.41, 5.74) is 6.96. The molecule has 64 valence electrons. The van der Waals surface area contributed by atoms with Gasteiger partial charge in [-0.3, -0.25) is 4.79 Å². The predicted octanol–water partition coefficient (Wildman–Crippen LogP) is 1.64. The van der Waals surface area contributed by atoms with Crippen molar-refractivity contribution in [1.82, 2.24) is 0 Å². The highest BCUT2D eigenvalue weighted by Crippen LogP contribution is 2.10. The van der Waals surface area contributed by atoms with Crippen LogP contribution < -0.4 is 11.1 Å². The van der Waals surface area contributed by atoms with E-state index in [9.17, 15) is 4.79 Å². The molecule has 1 aromatic rings. The first-order chi connectivity index (χ1) is 5.72. The van der Waals surface area contributed by atoms with Gasteiger partial charge in [0, 0.05) is 11.4 Å². The summed E-state index contributed by atoms with van der Waals surface area (Å²) in [5, 5.41) is 2.72. The molecule has 3 N–H and O–H groups in total. The lowest BCUT2D eigenvalue weighted by molar-refractivity contribution is -0.113. The van der Waals surface area contributed by atoms with E-state index in [1.54, 1.807) is 24.3 Å². The van der Waals surface area contributed by atoms with Crippen molar-refractivity contribution in [2.24, 2.45) is 0 Å². The van der Waals surface area contributed by atoms with E-state index in [2.05, 4.69) is 5.32 Å². The molecule has 0 aliphatic heterocycles. The topological polar surface area (TPSA) is 55.1 Å². The van der Waals surface area contributed by atoms with Crippen LogP contribution >= 0.6 is 22.6 Å². The first kappa shape index (κ1) is 9.31. The fourth-order valence-electron chi connectivity index (χ4n) is 0.761. The third-order valence-electron chi connectivity index (χ3n) is 1.32. The molecule has 0 saturated heterocycles. The summed E-state index contributed by atoms with van der Waals surface area (Å²) < 4.78 is 0.460. The van der Waals surface area contributed by atoms with Crippen LogP contribution in [0.5, 0.6) is 0 Å². The maximum Gasteiger partial charge on any atom is 0.234 e. The van der Waals surface area contributed by atoms with Crippen LogP contribution in [0.15, 0.2) is 24.3 Å². The predicted molar refractivity (Wildman–Crippen MR) is 58.4 cm³/mol. The molecular weight excluding hydrogens is 267 g/mol. The maximum absolute atomic E-state index is 10.9. The van der Waals surface area contributed by atoms with Gasteiger partial charge in [-0.1, -0.05) is 22.6 Å². The zero-order valence-electron chi connectivity index (χ0n) is 6.38.